The molecule has 0 saturated heterocycles. The highest BCUT2D eigenvalue weighted by atomic mass is 19.4. The van der Waals surface area contributed by atoms with Gasteiger partial charge in [-0.25, -0.2) is 0 Å². The molecule has 0 saturated carbocycles. The summed E-state index contributed by atoms with van der Waals surface area (Å²) in [5.41, 5.74) is 0.659. The van der Waals surface area contributed by atoms with Gasteiger partial charge in [-0.2, -0.15) is 13.2 Å². The second-order valence-electron chi connectivity index (χ2n) is 9.96. The summed E-state index contributed by atoms with van der Waals surface area (Å²) in [6, 6.07) is 12.2. The monoisotopic (exact) mass is 492 g/mol. The first-order chi connectivity index (χ1) is 16.3. The average molecular weight is 493 g/mol. The van der Waals surface area contributed by atoms with Crippen LogP contribution >= 0.6 is 0 Å². The zero-order valence-corrected chi connectivity index (χ0v) is 20.8. The van der Waals surface area contributed by atoms with Crippen molar-refractivity contribution in [1.82, 2.24) is 0 Å². The Labute approximate surface area is 205 Å². The molecule has 0 heterocycles. The van der Waals surface area contributed by atoms with E-state index in [-0.39, 0.29) is 12.4 Å². The van der Waals surface area contributed by atoms with Crippen LogP contribution in [0.5, 0.6) is 0 Å². The van der Waals surface area contributed by atoms with E-state index in [0.717, 1.165) is 30.5 Å². The molecule has 0 aliphatic heterocycles. The quantitative estimate of drug-likeness (QED) is 0.329. The van der Waals surface area contributed by atoms with Crippen molar-refractivity contribution < 1.29 is 32.6 Å². The molecule has 0 unspecified atom stereocenters. The van der Waals surface area contributed by atoms with E-state index in [9.17, 15) is 27.9 Å². The Kier molecular flexibility index (Phi) is 9.92. The molecule has 0 aromatic heterocycles. The fourth-order valence-electron chi connectivity index (χ4n) is 3.93. The smallest absolute Gasteiger partial charge is 0.416 e. The third kappa shape index (κ3) is 9.38. The van der Waals surface area contributed by atoms with Crippen LogP contribution in [0.15, 0.2) is 48.5 Å². The minimum Gasteiger partial charge on any atom is -0.481 e. The van der Waals surface area contributed by atoms with Gasteiger partial charge in [0.25, 0.3) is 0 Å². The number of esters is 1. The number of ether oxygens (including phenoxy) is 1. The number of carboxylic acid groups (broad SMARTS) is 1. The van der Waals surface area contributed by atoms with Crippen LogP contribution in [0, 0.1) is 11.8 Å². The zero-order chi connectivity index (χ0) is 26.2. The molecule has 2 atom stereocenters. The van der Waals surface area contributed by atoms with E-state index in [1.54, 1.807) is 51.1 Å². The first-order valence-electron chi connectivity index (χ1n) is 12.0. The number of hydrogen-bond donors (Lipinski definition) is 1. The van der Waals surface area contributed by atoms with E-state index >= 15 is 0 Å². The number of carbonyl (C=O) groups excluding carboxylic acids is 1. The summed E-state index contributed by atoms with van der Waals surface area (Å²) in [7, 11) is 0. The lowest BCUT2D eigenvalue weighted by Gasteiger charge is -2.25. The van der Waals surface area contributed by atoms with E-state index < -0.39 is 35.1 Å². The first kappa shape index (κ1) is 28.4. The Hall–Kier alpha value is -2.83. The molecular weight excluding hydrogens is 457 g/mol. The predicted molar refractivity (Wildman–Crippen MR) is 130 cm³/mol. The highest BCUT2D eigenvalue weighted by molar-refractivity contribution is 5.75. The highest BCUT2D eigenvalue weighted by Gasteiger charge is 2.31. The number of aliphatic carboxylic acids is 1. The summed E-state index contributed by atoms with van der Waals surface area (Å²) in [4.78, 5) is 24.6. The number of carbonyl (C=O) groups is 2. The van der Waals surface area contributed by atoms with Crippen molar-refractivity contribution in [2.24, 2.45) is 11.8 Å². The Bertz CT molecular complexity index is 975. The van der Waals surface area contributed by atoms with Gasteiger partial charge in [0.05, 0.1) is 17.4 Å². The molecule has 35 heavy (non-hydrogen) atoms. The Morgan fingerprint density at radius 1 is 0.943 bits per heavy atom. The van der Waals surface area contributed by atoms with Gasteiger partial charge in [0.1, 0.15) is 5.60 Å². The minimum atomic E-state index is -4.41. The second-order valence-corrected chi connectivity index (χ2v) is 9.96. The van der Waals surface area contributed by atoms with Gasteiger partial charge in [-0.15, -0.1) is 0 Å². The van der Waals surface area contributed by atoms with Crippen molar-refractivity contribution in [3.63, 3.8) is 0 Å². The number of unbranched alkanes of at least 4 members (excludes halogenated alkanes) is 1. The van der Waals surface area contributed by atoms with Gasteiger partial charge in [0.15, 0.2) is 0 Å². The molecule has 0 fully saturated rings. The molecule has 0 aliphatic rings. The number of halogens is 3. The van der Waals surface area contributed by atoms with Crippen LogP contribution in [0.25, 0.3) is 11.1 Å². The van der Waals surface area contributed by atoms with Gasteiger partial charge >= 0.3 is 18.1 Å². The number of rotatable bonds is 11. The van der Waals surface area contributed by atoms with E-state index in [4.69, 9.17) is 4.74 Å². The van der Waals surface area contributed by atoms with Gasteiger partial charge in [0.2, 0.25) is 0 Å². The lowest BCUT2D eigenvalue weighted by Crippen LogP contribution is -2.31. The van der Waals surface area contributed by atoms with E-state index in [1.165, 1.54) is 6.07 Å². The topological polar surface area (TPSA) is 63.6 Å². The maximum Gasteiger partial charge on any atom is 0.416 e. The summed E-state index contributed by atoms with van der Waals surface area (Å²) in [5, 5.41) is 9.78. The van der Waals surface area contributed by atoms with Crippen molar-refractivity contribution in [3.05, 3.63) is 59.7 Å². The molecule has 0 bridgehead atoms. The molecule has 0 amide bonds. The van der Waals surface area contributed by atoms with Crippen molar-refractivity contribution in [3.8, 4) is 11.1 Å². The van der Waals surface area contributed by atoms with Gasteiger partial charge in [-0.05, 0) is 75.3 Å². The van der Waals surface area contributed by atoms with Crippen LogP contribution in [-0.4, -0.2) is 22.6 Å². The third-order valence-corrected chi connectivity index (χ3v) is 5.82. The van der Waals surface area contributed by atoms with Gasteiger partial charge in [-0.1, -0.05) is 56.2 Å². The lowest BCUT2D eigenvalue weighted by atomic mass is 9.86. The summed E-state index contributed by atoms with van der Waals surface area (Å²) >= 11 is 0. The number of hydrogen-bond acceptors (Lipinski definition) is 3. The van der Waals surface area contributed by atoms with Crippen LogP contribution in [0.1, 0.15) is 70.9 Å². The average Bonchev–Trinajstić information content (AvgIpc) is 2.77. The highest BCUT2D eigenvalue weighted by Crippen LogP contribution is 2.32. The van der Waals surface area contributed by atoms with Gasteiger partial charge < -0.3 is 9.84 Å². The summed E-state index contributed by atoms with van der Waals surface area (Å²) in [6.07, 6.45) is -1.07. The number of aryl methyl sites for hydroxylation is 1. The SMILES string of the molecule is CCCC[C@@H](C[C@@H](CCc1ccc(-c2cccc(C(F)(F)F)c2)cc1)C(=O)O)C(=O)OC(C)(C)C. The molecule has 2 aromatic rings. The molecule has 0 aliphatic carbocycles. The Balaban J connectivity index is 2.07. The van der Waals surface area contributed by atoms with E-state index in [1.807, 2.05) is 6.92 Å². The molecule has 7 heteroatoms. The van der Waals surface area contributed by atoms with Crippen molar-refractivity contribution in [2.75, 3.05) is 0 Å². The summed E-state index contributed by atoms with van der Waals surface area (Å²) in [5.74, 6) is -2.48. The molecule has 192 valence electrons. The lowest BCUT2D eigenvalue weighted by molar-refractivity contribution is -0.161. The van der Waals surface area contributed by atoms with E-state index in [0.29, 0.717) is 30.4 Å². The van der Waals surface area contributed by atoms with Crippen molar-refractivity contribution in [2.45, 2.75) is 78.0 Å². The summed E-state index contributed by atoms with van der Waals surface area (Å²) < 4.78 is 44.5. The van der Waals surface area contributed by atoms with Crippen LogP contribution < -0.4 is 0 Å². The number of benzene rings is 2. The maximum absolute atomic E-state index is 13.0. The number of alkyl halides is 3. The van der Waals surface area contributed by atoms with Crippen molar-refractivity contribution in [1.29, 1.82) is 0 Å². The largest absolute Gasteiger partial charge is 0.481 e. The fourth-order valence-corrected chi connectivity index (χ4v) is 3.93. The van der Waals surface area contributed by atoms with Gasteiger partial charge in [0, 0.05) is 0 Å². The third-order valence-electron chi connectivity index (χ3n) is 5.82. The molecule has 2 rings (SSSR count). The fraction of sp³-hybridized carbons (Fsp3) is 0.500. The molecule has 0 spiro atoms. The van der Waals surface area contributed by atoms with Crippen LogP contribution in [0.4, 0.5) is 13.2 Å². The Morgan fingerprint density at radius 3 is 2.14 bits per heavy atom. The standard InChI is InChI=1S/C28H35F3O4/c1-5-6-8-23(26(34)35-27(2,3)4)17-22(25(32)33)16-13-19-11-14-20(15-12-19)21-9-7-10-24(18-21)28(29,30)31/h7,9-12,14-15,18,22-23H,5-6,8,13,16-17H2,1-4H3,(H,32,33)/t22-,23+/m1/s1. The zero-order valence-electron chi connectivity index (χ0n) is 20.8. The molecule has 4 nitrogen and oxygen atoms in total. The predicted octanol–water partition coefficient (Wildman–Crippen LogP) is 7.54. The molecular formula is C28H35F3O4. The molecule has 0 radical (unpaired) electrons. The van der Waals surface area contributed by atoms with Crippen molar-refractivity contribution >= 4 is 11.9 Å². The molecule has 2 aromatic carbocycles. The van der Waals surface area contributed by atoms with Crippen LogP contribution in [-0.2, 0) is 26.9 Å². The van der Waals surface area contributed by atoms with Gasteiger partial charge in [-0.3, -0.25) is 9.59 Å². The molecule has 1 N–H and O–H groups in total. The summed E-state index contributed by atoms with van der Waals surface area (Å²) in [6.45, 7) is 7.39. The van der Waals surface area contributed by atoms with Crippen LogP contribution in [0.3, 0.4) is 0 Å². The van der Waals surface area contributed by atoms with Crippen LogP contribution in [0.2, 0.25) is 0 Å². The number of carboxylic acids is 1. The normalized spacial score (nSPS) is 13.8. The Morgan fingerprint density at radius 2 is 1.60 bits per heavy atom. The minimum absolute atomic E-state index is 0.215. The first-order valence-corrected chi connectivity index (χ1v) is 12.0. The second kappa shape index (κ2) is 12.2. The maximum atomic E-state index is 13.0. The van der Waals surface area contributed by atoms with E-state index in [2.05, 4.69) is 0 Å².